The quantitative estimate of drug-likeness (QED) is 0.286. The summed E-state index contributed by atoms with van der Waals surface area (Å²) in [7, 11) is 1.65. The van der Waals surface area contributed by atoms with Gasteiger partial charge in [-0.3, -0.25) is 9.59 Å². The van der Waals surface area contributed by atoms with Crippen LogP contribution in [-0.4, -0.2) is 49.5 Å². The molecule has 0 saturated heterocycles. The molecule has 0 aromatic heterocycles. The number of nitrogens with one attached hydrogen (secondary N) is 1. The van der Waals surface area contributed by atoms with Gasteiger partial charge < -0.3 is 19.9 Å². The van der Waals surface area contributed by atoms with E-state index in [1.54, 1.807) is 7.11 Å². The summed E-state index contributed by atoms with van der Waals surface area (Å²) in [6.45, 7) is 6.62. The topological polar surface area (TPSA) is 61.9 Å². The second-order valence-corrected chi connectivity index (χ2v) is 11.4. The third kappa shape index (κ3) is 6.27. The van der Waals surface area contributed by atoms with Crippen LogP contribution < -0.4 is 15.0 Å². The Hall–Kier alpha value is -3.80. The Labute approximate surface area is 244 Å². The zero-order valence-electron chi connectivity index (χ0n) is 24.6. The van der Waals surface area contributed by atoms with Gasteiger partial charge in [0.2, 0.25) is 5.91 Å². The normalized spacial score (nSPS) is 19.0. The summed E-state index contributed by atoms with van der Waals surface area (Å²) in [5, 5.41) is 3.27. The molecule has 2 amide bonds. The smallest absolute Gasteiger partial charge is 0.254 e. The monoisotopic (exact) mass is 553 g/mol. The number of nitrogens with zero attached hydrogens (tertiary/aromatic N) is 2. The van der Waals surface area contributed by atoms with Gasteiger partial charge in [0.25, 0.3) is 5.91 Å². The Morgan fingerprint density at radius 2 is 1.76 bits per heavy atom. The molecular weight excluding hydrogens is 510 g/mol. The van der Waals surface area contributed by atoms with Gasteiger partial charge in [-0.15, -0.1) is 0 Å². The van der Waals surface area contributed by atoms with Crippen molar-refractivity contribution in [3.8, 4) is 5.75 Å². The summed E-state index contributed by atoms with van der Waals surface area (Å²) in [4.78, 5) is 32.6. The fraction of sp³-hybridized carbons (Fsp3) is 0.429. The molecule has 0 unspecified atom stereocenters. The summed E-state index contributed by atoms with van der Waals surface area (Å²) in [5.41, 5.74) is 4.89. The van der Waals surface area contributed by atoms with Crippen molar-refractivity contribution in [2.24, 2.45) is 0 Å². The summed E-state index contributed by atoms with van der Waals surface area (Å²) < 4.78 is 5.42. The number of hydrogen-bond acceptors (Lipinski definition) is 4. The predicted octanol–water partition coefficient (Wildman–Crippen LogP) is 6.65. The van der Waals surface area contributed by atoms with Crippen LogP contribution in [0.15, 0.2) is 72.8 Å². The van der Waals surface area contributed by atoms with Crippen LogP contribution in [0.5, 0.6) is 5.75 Å². The van der Waals surface area contributed by atoms with E-state index in [1.807, 2.05) is 53.4 Å². The van der Waals surface area contributed by atoms with Gasteiger partial charge in [0.15, 0.2) is 0 Å². The van der Waals surface area contributed by atoms with E-state index in [4.69, 9.17) is 4.74 Å². The first-order valence-electron chi connectivity index (χ1n) is 15.2. The number of aryl methyl sites for hydroxylation is 1. The van der Waals surface area contributed by atoms with Gasteiger partial charge in [0.1, 0.15) is 5.75 Å². The average molecular weight is 554 g/mol. The van der Waals surface area contributed by atoms with Crippen LogP contribution in [0.3, 0.4) is 0 Å². The van der Waals surface area contributed by atoms with Crippen LogP contribution in [0.1, 0.15) is 84.5 Å². The number of rotatable bonds is 10. The highest BCUT2D eigenvalue weighted by atomic mass is 16.5. The average Bonchev–Trinajstić information content (AvgIpc) is 3.01. The minimum Gasteiger partial charge on any atom is -0.497 e. The minimum atomic E-state index is -0.488. The van der Waals surface area contributed by atoms with E-state index in [-0.39, 0.29) is 23.9 Å². The third-order valence-electron chi connectivity index (χ3n) is 8.74. The van der Waals surface area contributed by atoms with Crippen molar-refractivity contribution < 1.29 is 14.3 Å². The first-order chi connectivity index (χ1) is 20.0. The van der Waals surface area contributed by atoms with Crippen LogP contribution in [-0.2, 0) is 4.79 Å². The van der Waals surface area contributed by atoms with Crippen molar-refractivity contribution in [3.63, 3.8) is 0 Å². The van der Waals surface area contributed by atoms with Crippen LogP contribution in [0.25, 0.3) is 0 Å². The highest BCUT2D eigenvalue weighted by Crippen LogP contribution is 2.46. The lowest BCUT2D eigenvalue weighted by atomic mass is 9.77. The molecule has 3 aromatic rings. The molecule has 41 heavy (non-hydrogen) atoms. The van der Waals surface area contributed by atoms with Crippen molar-refractivity contribution >= 4 is 17.5 Å². The first-order valence-corrected chi connectivity index (χ1v) is 15.2. The molecule has 2 atom stereocenters. The summed E-state index contributed by atoms with van der Waals surface area (Å²) in [6.07, 6.45) is 6.19. The molecule has 6 nitrogen and oxygen atoms in total. The molecule has 2 aliphatic rings. The van der Waals surface area contributed by atoms with Crippen LogP contribution in [0.4, 0.5) is 5.69 Å². The van der Waals surface area contributed by atoms with E-state index < -0.39 is 5.92 Å². The second-order valence-electron chi connectivity index (χ2n) is 11.4. The molecule has 0 bridgehead atoms. The number of ether oxygens (including phenoxy) is 1. The van der Waals surface area contributed by atoms with E-state index in [0.717, 1.165) is 62.1 Å². The number of benzene rings is 3. The first kappa shape index (κ1) is 28.7. The van der Waals surface area contributed by atoms with Gasteiger partial charge in [0, 0.05) is 36.9 Å². The number of amides is 2. The van der Waals surface area contributed by atoms with Gasteiger partial charge in [-0.1, -0.05) is 61.7 Å². The maximum Gasteiger partial charge on any atom is 0.254 e. The van der Waals surface area contributed by atoms with E-state index >= 15 is 0 Å². The van der Waals surface area contributed by atoms with Crippen LogP contribution >= 0.6 is 0 Å². The maximum atomic E-state index is 14.1. The Morgan fingerprint density at radius 1 is 1.00 bits per heavy atom. The second kappa shape index (κ2) is 13.2. The zero-order valence-corrected chi connectivity index (χ0v) is 24.6. The predicted molar refractivity (Wildman–Crippen MR) is 165 cm³/mol. The molecule has 216 valence electrons. The van der Waals surface area contributed by atoms with Gasteiger partial charge in [0.05, 0.1) is 19.1 Å². The van der Waals surface area contributed by atoms with Gasteiger partial charge >= 0.3 is 0 Å². The van der Waals surface area contributed by atoms with Crippen LogP contribution in [0, 0.1) is 6.92 Å². The summed E-state index contributed by atoms with van der Waals surface area (Å²) in [5.74, 6) is 0.285. The number of anilines is 1. The summed E-state index contributed by atoms with van der Waals surface area (Å²) in [6, 6.07) is 23.9. The molecule has 1 N–H and O–H groups in total. The number of carbonyl (C=O) groups is 2. The molecule has 5 rings (SSSR count). The van der Waals surface area contributed by atoms with Gasteiger partial charge in [-0.2, -0.15) is 0 Å². The van der Waals surface area contributed by atoms with Crippen molar-refractivity contribution in [2.45, 2.75) is 70.4 Å². The largest absolute Gasteiger partial charge is 0.497 e. The number of fused-ring (bicyclic) bond motifs is 1. The van der Waals surface area contributed by atoms with Crippen molar-refractivity contribution in [1.82, 2.24) is 10.2 Å². The molecule has 1 heterocycles. The molecule has 1 aliphatic carbocycles. The molecular formula is C35H43N3O3. The Balaban J connectivity index is 1.41. The lowest BCUT2D eigenvalue weighted by Crippen LogP contribution is -2.52. The van der Waals surface area contributed by atoms with E-state index in [2.05, 4.69) is 48.3 Å². The molecule has 0 radical (unpaired) electrons. The number of hydrogen-bond donors (Lipinski definition) is 1. The fourth-order valence-corrected chi connectivity index (χ4v) is 6.64. The number of methoxy groups -OCH3 is 1. The lowest BCUT2D eigenvalue weighted by Gasteiger charge is -2.46. The summed E-state index contributed by atoms with van der Waals surface area (Å²) >= 11 is 0. The van der Waals surface area contributed by atoms with E-state index in [9.17, 15) is 9.59 Å². The molecule has 1 fully saturated rings. The van der Waals surface area contributed by atoms with E-state index in [0.29, 0.717) is 12.1 Å². The fourth-order valence-electron chi connectivity index (χ4n) is 6.64. The van der Waals surface area contributed by atoms with Crippen molar-refractivity contribution in [1.29, 1.82) is 0 Å². The van der Waals surface area contributed by atoms with Gasteiger partial charge in [-0.05, 0) is 80.1 Å². The zero-order chi connectivity index (χ0) is 28.8. The SMILES string of the molecule is CCN(CCCNC(=O)[C@@H]1c2ccccc2C(=O)N(C2CCCCC2)[C@H]1c1ccc(OC)cc1)c1cccc(C)c1. The van der Waals surface area contributed by atoms with Crippen LogP contribution in [0.2, 0.25) is 0 Å². The Bertz CT molecular complexity index is 1330. The standard InChI is InChI=1S/C35H43N3O3/c1-4-37(28-15-10-12-25(2)24-28)23-11-22-36-34(39)32-30-16-8-9-17-31(30)35(40)38(27-13-6-5-7-14-27)33(32)26-18-20-29(41-3)21-19-26/h8-10,12,15-21,24,27,32-33H,4-7,11,13-14,22-23H2,1-3H3,(H,36,39)/t32-,33+/m1/s1. The lowest BCUT2D eigenvalue weighted by molar-refractivity contribution is -0.124. The van der Waals surface area contributed by atoms with Crippen molar-refractivity contribution in [3.05, 3.63) is 95.1 Å². The highest BCUT2D eigenvalue weighted by molar-refractivity contribution is 6.01. The highest BCUT2D eigenvalue weighted by Gasteiger charge is 2.46. The molecule has 6 heteroatoms. The van der Waals surface area contributed by atoms with E-state index in [1.165, 1.54) is 17.7 Å². The third-order valence-corrected chi connectivity index (χ3v) is 8.74. The molecule has 3 aromatic carbocycles. The maximum absolute atomic E-state index is 14.1. The minimum absolute atomic E-state index is 0.0230. The van der Waals surface area contributed by atoms with Crippen molar-refractivity contribution in [2.75, 3.05) is 31.6 Å². The molecule has 1 aliphatic heterocycles. The Kier molecular flexibility index (Phi) is 9.28. The molecule has 0 spiro atoms. The van der Waals surface area contributed by atoms with Gasteiger partial charge in [-0.25, -0.2) is 0 Å². The number of carbonyl (C=O) groups excluding carboxylic acids is 2. The molecule has 1 saturated carbocycles. The Morgan fingerprint density at radius 3 is 2.46 bits per heavy atom.